The number of aromatic nitrogens is 5. The Hall–Kier alpha value is -4.12. The Balaban J connectivity index is 1.88. The molecule has 0 aliphatic rings. The van der Waals surface area contributed by atoms with Crippen molar-refractivity contribution in [2.45, 2.75) is 33.4 Å². The molecule has 0 saturated heterocycles. The Morgan fingerprint density at radius 1 is 1.14 bits per heavy atom. The molecule has 0 spiro atoms. The summed E-state index contributed by atoms with van der Waals surface area (Å²) >= 11 is 5.99. The van der Waals surface area contributed by atoms with Crippen molar-refractivity contribution in [2.75, 3.05) is 12.4 Å². The number of benzene rings is 2. The van der Waals surface area contributed by atoms with Gasteiger partial charge in [0.25, 0.3) is 0 Å². The summed E-state index contributed by atoms with van der Waals surface area (Å²) in [6, 6.07) is 12.1. The summed E-state index contributed by atoms with van der Waals surface area (Å²) in [5.74, 6) is 6.35. The molecular formula is C23H24ClN7O4. The van der Waals surface area contributed by atoms with Crippen molar-refractivity contribution < 1.29 is 9.53 Å². The number of rotatable bonds is 7. The fourth-order valence-electron chi connectivity index (χ4n) is 3.62. The highest BCUT2D eigenvalue weighted by atomic mass is 35.5. The summed E-state index contributed by atoms with van der Waals surface area (Å²) in [6.07, 6.45) is -0.156. The molecule has 2 heterocycles. The number of hydrogen-bond donors (Lipinski definition) is 2. The minimum absolute atomic E-state index is 0.0575. The van der Waals surface area contributed by atoms with Crippen LogP contribution in [0.1, 0.15) is 24.7 Å². The van der Waals surface area contributed by atoms with Crippen LogP contribution in [0.15, 0.2) is 57.0 Å². The number of fused-ring (bicyclic) bond motifs is 1. The molecule has 0 aliphatic carbocycles. The number of carbonyl (C=O) groups is 1. The van der Waals surface area contributed by atoms with Crippen LogP contribution in [0.4, 0.5) is 5.69 Å². The van der Waals surface area contributed by atoms with E-state index >= 15 is 0 Å². The number of ether oxygens (including phenoxy) is 1. The standard InChI is InChI=1S/C23H24ClN7O4/c1-3-35-20(32)10-11-29-22(33)30(13-15-4-6-16(24)7-5-15)21(31(25)23(29)34)28-17-8-9-18-19(12-17)27-14(2)26-18/h4-9,12H,3,10-11,13,25H2,1-2H3,(H,26,27). The van der Waals surface area contributed by atoms with Gasteiger partial charge in [0.15, 0.2) is 0 Å². The van der Waals surface area contributed by atoms with Crippen LogP contribution >= 0.6 is 11.6 Å². The normalized spacial score (nSPS) is 11.8. The van der Waals surface area contributed by atoms with Gasteiger partial charge in [-0.15, -0.1) is 0 Å². The van der Waals surface area contributed by atoms with Gasteiger partial charge in [-0.05, 0) is 49.7 Å². The van der Waals surface area contributed by atoms with Crippen molar-refractivity contribution in [2.24, 2.45) is 4.99 Å². The highest BCUT2D eigenvalue weighted by Crippen LogP contribution is 2.18. The van der Waals surface area contributed by atoms with Gasteiger partial charge < -0.3 is 15.6 Å². The number of carbonyl (C=O) groups excluding carboxylic acids is 1. The van der Waals surface area contributed by atoms with E-state index in [-0.39, 0.29) is 31.7 Å². The number of nitrogens with one attached hydrogen (secondary N) is 1. The van der Waals surface area contributed by atoms with Crippen LogP contribution in [0.3, 0.4) is 0 Å². The van der Waals surface area contributed by atoms with Crippen LogP contribution in [-0.4, -0.2) is 36.4 Å². The van der Waals surface area contributed by atoms with Gasteiger partial charge in [-0.25, -0.2) is 24.1 Å². The first-order valence-electron chi connectivity index (χ1n) is 10.9. The van der Waals surface area contributed by atoms with Gasteiger partial charge in [0.2, 0.25) is 5.62 Å². The van der Waals surface area contributed by atoms with Crippen molar-refractivity contribution in [3.05, 3.63) is 85.5 Å². The second-order valence-corrected chi connectivity index (χ2v) is 8.23. The summed E-state index contributed by atoms with van der Waals surface area (Å²) in [7, 11) is 0. The number of esters is 1. The van der Waals surface area contributed by atoms with Gasteiger partial charge >= 0.3 is 17.3 Å². The molecule has 3 N–H and O–H groups in total. The molecular weight excluding hydrogens is 474 g/mol. The number of halogens is 1. The van der Waals surface area contributed by atoms with Crippen LogP contribution in [-0.2, 0) is 22.6 Å². The zero-order valence-corrected chi connectivity index (χ0v) is 20.0. The summed E-state index contributed by atoms with van der Waals surface area (Å²) in [4.78, 5) is 50.2. The van der Waals surface area contributed by atoms with Crippen molar-refractivity contribution in [1.82, 2.24) is 23.8 Å². The number of nitrogens with two attached hydrogens (primary N) is 1. The lowest BCUT2D eigenvalue weighted by molar-refractivity contribution is -0.143. The molecule has 12 heteroatoms. The molecule has 0 aliphatic heterocycles. The highest BCUT2D eigenvalue weighted by molar-refractivity contribution is 6.30. The molecule has 0 saturated carbocycles. The fourth-order valence-corrected chi connectivity index (χ4v) is 3.75. The molecule has 0 atom stereocenters. The maximum atomic E-state index is 13.4. The smallest absolute Gasteiger partial charge is 0.353 e. The molecule has 35 heavy (non-hydrogen) atoms. The van der Waals surface area contributed by atoms with Gasteiger partial charge in [-0.2, -0.15) is 4.68 Å². The van der Waals surface area contributed by atoms with Gasteiger partial charge in [-0.3, -0.25) is 9.36 Å². The van der Waals surface area contributed by atoms with E-state index in [2.05, 4.69) is 15.0 Å². The average molecular weight is 498 g/mol. The summed E-state index contributed by atoms with van der Waals surface area (Å²) in [5, 5.41) is 0.544. The molecule has 0 fully saturated rings. The van der Waals surface area contributed by atoms with Crippen molar-refractivity contribution in [1.29, 1.82) is 0 Å². The second-order valence-electron chi connectivity index (χ2n) is 7.79. The first-order chi connectivity index (χ1) is 16.8. The van der Waals surface area contributed by atoms with E-state index in [1.165, 1.54) is 4.57 Å². The number of hydrogen-bond acceptors (Lipinski definition) is 7. The SMILES string of the molecule is CCOC(=O)CCn1c(=O)n(N)c(=Nc2ccc3nc(C)[nH]c3c2)n(Cc2ccc(Cl)cc2)c1=O. The van der Waals surface area contributed by atoms with Crippen LogP contribution < -0.4 is 22.8 Å². The molecule has 0 bridgehead atoms. The second kappa shape index (κ2) is 10.0. The van der Waals surface area contributed by atoms with Crippen LogP contribution in [0.5, 0.6) is 0 Å². The van der Waals surface area contributed by atoms with Crippen molar-refractivity contribution in [3.8, 4) is 0 Å². The number of imidazole rings is 1. The monoisotopic (exact) mass is 497 g/mol. The summed E-state index contributed by atoms with van der Waals surface area (Å²) in [5.41, 5.74) is 1.20. The quantitative estimate of drug-likeness (QED) is 0.293. The lowest BCUT2D eigenvalue weighted by atomic mass is 10.2. The van der Waals surface area contributed by atoms with Gasteiger partial charge in [0.05, 0.1) is 36.3 Å². The van der Waals surface area contributed by atoms with Gasteiger partial charge in [0, 0.05) is 11.6 Å². The highest BCUT2D eigenvalue weighted by Gasteiger charge is 2.15. The van der Waals surface area contributed by atoms with E-state index in [0.29, 0.717) is 10.7 Å². The number of aryl methyl sites for hydroxylation is 1. The minimum atomic E-state index is -0.802. The zero-order chi connectivity index (χ0) is 25.1. The lowest BCUT2D eigenvalue weighted by Gasteiger charge is -2.14. The Bertz CT molecular complexity index is 1580. The number of H-pyrrole nitrogens is 1. The molecule has 2 aromatic carbocycles. The van der Waals surface area contributed by atoms with E-state index < -0.39 is 17.3 Å². The molecule has 2 aromatic heterocycles. The van der Waals surface area contributed by atoms with E-state index in [9.17, 15) is 14.4 Å². The van der Waals surface area contributed by atoms with E-state index in [1.807, 2.05) is 6.92 Å². The molecule has 4 aromatic rings. The maximum Gasteiger partial charge on any atom is 0.353 e. The molecule has 11 nitrogen and oxygen atoms in total. The number of nitrogen functional groups attached to an aromatic ring is 1. The third kappa shape index (κ3) is 5.19. The number of nitrogens with zero attached hydrogens (tertiary/aromatic N) is 5. The fraction of sp³-hybridized carbons (Fsp3) is 0.261. The van der Waals surface area contributed by atoms with E-state index in [1.54, 1.807) is 49.4 Å². The topological polar surface area (TPSA) is 142 Å². The third-order valence-electron chi connectivity index (χ3n) is 5.27. The summed E-state index contributed by atoms with van der Waals surface area (Å²) in [6.45, 7) is 3.59. The largest absolute Gasteiger partial charge is 0.466 e. The average Bonchev–Trinajstić information content (AvgIpc) is 3.20. The van der Waals surface area contributed by atoms with E-state index in [0.717, 1.165) is 31.7 Å². The number of aromatic amines is 1. The first-order valence-corrected chi connectivity index (χ1v) is 11.3. The Morgan fingerprint density at radius 3 is 2.60 bits per heavy atom. The molecule has 4 rings (SSSR count). The summed E-state index contributed by atoms with van der Waals surface area (Å²) < 4.78 is 7.88. The van der Waals surface area contributed by atoms with Crippen molar-refractivity contribution in [3.63, 3.8) is 0 Å². The molecule has 0 amide bonds. The maximum absolute atomic E-state index is 13.4. The van der Waals surface area contributed by atoms with Crippen LogP contribution in [0.25, 0.3) is 11.0 Å². The Kier molecular flexibility index (Phi) is 6.87. The third-order valence-corrected chi connectivity index (χ3v) is 5.52. The predicted octanol–water partition coefficient (Wildman–Crippen LogP) is 1.60. The van der Waals surface area contributed by atoms with Gasteiger partial charge in [0.1, 0.15) is 5.82 Å². The minimum Gasteiger partial charge on any atom is -0.466 e. The molecule has 0 unspecified atom stereocenters. The predicted molar refractivity (Wildman–Crippen MR) is 131 cm³/mol. The lowest BCUT2D eigenvalue weighted by Crippen LogP contribution is -2.57. The van der Waals surface area contributed by atoms with E-state index in [4.69, 9.17) is 22.2 Å². The molecule has 0 radical (unpaired) electrons. The van der Waals surface area contributed by atoms with Crippen molar-refractivity contribution >= 4 is 34.3 Å². The Labute approximate surface area is 204 Å². The van der Waals surface area contributed by atoms with Gasteiger partial charge in [-0.1, -0.05) is 23.7 Å². The van der Waals surface area contributed by atoms with Crippen LogP contribution in [0, 0.1) is 6.92 Å². The zero-order valence-electron chi connectivity index (χ0n) is 19.2. The molecule has 182 valence electrons. The van der Waals surface area contributed by atoms with Crippen LogP contribution in [0.2, 0.25) is 5.02 Å². The first kappa shape index (κ1) is 24.0. The Morgan fingerprint density at radius 2 is 1.89 bits per heavy atom.